The molecule has 1 aromatic rings. The summed E-state index contributed by atoms with van der Waals surface area (Å²) < 4.78 is 16.0. The number of ether oxygens (including phenoxy) is 3. The molecule has 1 aromatic carbocycles. The molecule has 116 valence electrons. The lowest BCUT2D eigenvalue weighted by Crippen LogP contribution is -2.26. The zero-order valence-corrected chi connectivity index (χ0v) is 12.7. The lowest BCUT2D eigenvalue weighted by molar-refractivity contribution is -0.120. The van der Waals surface area contributed by atoms with E-state index in [4.69, 9.17) is 14.2 Å². The van der Waals surface area contributed by atoms with Gasteiger partial charge in [-0.15, -0.1) is 0 Å². The Balaban J connectivity index is 2.21. The standard InChI is InChI=1S/C15H22N2O4/c1-19-12-7-11(8-13(20-2)15(12)21-3)17-10-5-4-6-16-14(18)9-10/h7-8,10,17H,4-6,9H2,1-3H3,(H,16,18). The average Bonchev–Trinajstić information content (AvgIpc) is 2.70. The first-order valence-electron chi connectivity index (χ1n) is 7.01. The summed E-state index contributed by atoms with van der Waals surface area (Å²) in [6, 6.07) is 3.81. The summed E-state index contributed by atoms with van der Waals surface area (Å²) in [5, 5.41) is 6.25. The van der Waals surface area contributed by atoms with Crippen molar-refractivity contribution in [2.75, 3.05) is 33.2 Å². The minimum Gasteiger partial charge on any atom is -0.493 e. The van der Waals surface area contributed by atoms with Crippen molar-refractivity contribution in [1.29, 1.82) is 0 Å². The van der Waals surface area contributed by atoms with Crippen LogP contribution in [0.15, 0.2) is 12.1 Å². The topological polar surface area (TPSA) is 68.8 Å². The predicted octanol–water partition coefficient (Wildman–Crippen LogP) is 1.79. The van der Waals surface area contributed by atoms with Crippen LogP contribution in [0.25, 0.3) is 0 Å². The third-order valence-corrected chi connectivity index (χ3v) is 3.52. The maximum absolute atomic E-state index is 11.6. The van der Waals surface area contributed by atoms with Crippen molar-refractivity contribution in [1.82, 2.24) is 5.32 Å². The molecule has 0 spiro atoms. The van der Waals surface area contributed by atoms with Gasteiger partial charge in [-0.05, 0) is 12.8 Å². The highest BCUT2D eigenvalue weighted by Crippen LogP contribution is 2.40. The highest BCUT2D eigenvalue weighted by atomic mass is 16.5. The fourth-order valence-electron chi connectivity index (χ4n) is 2.50. The van der Waals surface area contributed by atoms with Gasteiger partial charge in [-0.2, -0.15) is 0 Å². The van der Waals surface area contributed by atoms with Crippen LogP contribution in [-0.4, -0.2) is 39.8 Å². The Bertz CT molecular complexity index is 479. The summed E-state index contributed by atoms with van der Waals surface area (Å²) in [6.07, 6.45) is 2.37. The number of rotatable bonds is 5. The van der Waals surface area contributed by atoms with Gasteiger partial charge < -0.3 is 24.8 Å². The Kier molecular flexibility index (Phi) is 5.14. The fourth-order valence-corrected chi connectivity index (χ4v) is 2.50. The Hall–Kier alpha value is -2.11. The molecule has 1 amide bonds. The highest BCUT2D eigenvalue weighted by Gasteiger charge is 2.19. The van der Waals surface area contributed by atoms with E-state index in [1.807, 2.05) is 12.1 Å². The number of nitrogens with one attached hydrogen (secondary N) is 2. The van der Waals surface area contributed by atoms with Crippen LogP contribution in [0.3, 0.4) is 0 Å². The van der Waals surface area contributed by atoms with E-state index in [2.05, 4.69) is 10.6 Å². The van der Waals surface area contributed by atoms with Gasteiger partial charge in [0.15, 0.2) is 11.5 Å². The average molecular weight is 294 g/mol. The van der Waals surface area contributed by atoms with Crippen LogP contribution in [0.2, 0.25) is 0 Å². The largest absolute Gasteiger partial charge is 0.493 e. The van der Waals surface area contributed by atoms with E-state index in [0.29, 0.717) is 23.7 Å². The van der Waals surface area contributed by atoms with Crippen LogP contribution in [-0.2, 0) is 4.79 Å². The molecular formula is C15H22N2O4. The van der Waals surface area contributed by atoms with E-state index in [0.717, 1.165) is 25.1 Å². The molecule has 1 aliphatic heterocycles. The van der Waals surface area contributed by atoms with Crippen LogP contribution in [0, 0.1) is 0 Å². The van der Waals surface area contributed by atoms with Crippen LogP contribution in [0.1, 0.15) is 19.3 Å². The Morgan fingerprint density at radius 2 is 1.81 bits per heavy atom. The van der Waals surface area contributed by atoms with Gasteiger partial charge in [0, 0.05) is 36.8 Å². The number of amides is 1. The van der Waals surface area contributed by atoms with Crippen LogP contribution in [0.5, 0.6) is 17.2 Å². The van der Waals surface area contributed by atoms with Crippen LogP contribution >= 0.6 is 0 Å². The molecular weight excluding hydrogens is 272 g/mol. The summed E-state index contributed by atoms with van der Waals surface area (Å²) in [6.45, 7) is 0.742. The summed E-state index contributed by atoms with van der Waals surface area (Å²) in [4.78, 5) is 11.6. The van der Waals surface area contributed by atoms with Gasteiger partial charge in [0.05, 0.1) is 21.3 Å². The van der Waals surface area contributed by atoms with Crippen LogP contribution < -0.4 is 24.8 Å². The second-order valence-corrected chi connectivity index (χ2v) is 4.95. The van der Waals surface area contributed by atoms with Crippen molar-refractivity contribution in [2.45, 2.75) is 25.3 Å². The minimum atomic E-state index is 0.0810. The first-order chi connectivity index (χ1) is 10.2. The second-order valence-electron chi connectivity index (χ2n) is 4.95. The summed E-state index contributed by atoms with van der Waals surface area (Å²) in [7, 11) is 4.74. The quantitative estimate of drug-likeness (QED) is 0.866. The monoisotopic (exact) mass is 294 g/mol. The molecule has 1 fully saturated rings. The van der Waals surface area contributed by atoms with E-state index in [1.54, 1.807) is 21.3 Å². The molecule has 0 radical (unpaired) electrons. The number of hydrogen-bond donors (Lipinski definition) is 2. The fraction of sp³-hybridized carbons (Fsp3) is 0.533. The van der Waals surface area contributed by atoms with Crippen molar-refractivity contribution >= 4 is 11.6 Å². The maximum Gasteiger partial charge on any atom is 0.222 e. The van der Waals surface area contributed by atoms with Gasteiger partial charge in [0.1, 0.15) is 0 Å². The normalized spacial score (nSPS) is 18.4. The molecule has 1 unspecified atom stereocenters. The molecule has 6 nitrogen and oxygen atoms in total. The van der Waals surface area contributed by atoms with Gasteiger partial charge in [-0.1, -0.05) is 0 Å². The molecule has 0 saturated carbocycles. The summed E-state index contributed by atoms with van der Waals surface area (Å²) in [5.74, 6) is 1.83. The van der Waals surface area contributed by atoms with Crippen molar-refractivity contribution in [2.24, 2.45) is 0 Å². The SMILES string of the molecule is COc1cc(NC2CCCNC(=O)C2)cc(OC)c1OC. The number of benzene rings is 1. The van der Waals surface area contributed by atoms with E-state index in [9.17, 15) is 4.79 Å². The van der Waals surface area contributed by atoms with Gasteiger partial charge >= 0.3 is 0 Å². The molecule has 1 aliphatic rings. The lowest BCUT2D eigenvalue weighted by Gasteiger charge is -2.19. The Morgan fingerprint density at radius 3 is 2.38 bits per heavy atom. The smallest absolute Gasteiger partial charge is 0.222 e. The minimum absolute atomic E-state index is 0.0810. The molecule has 1 atom stereocenters. The van der Waals surface area contributed by atoms with Gasteiger partial charge in [-0.25, -0.2) is 0 Å². The third kappa shape index (κ3) is 3.71. The zero-order valence-electron chi connectivity index (χ0n) is 12.7. The van der Waals surface area contributed by atoms with Crippen molar-refractivity contribution in [3.8, 4) is 17.2 Å². The third-order valence-electron chi connectivity index (χ3n) is 3.52. The first kappa shape index (κ1) is 15.3. The highest BCUT2D eigenvalue weighted by molar-refractivity contribution is 5.77. The Morgan fingerprint density at radius 1 is 1.14 bits per heavy atom. The Labute approximate surface area is 124 Å². The molecule has 21 heavy (non-hydrogen) atoms. The molecule has 2 rings (SSSR count). The maximum atomic E-state index is 11.6. The van der Waals surface area contributed by atoms with Crippen LogP contribution in [0.4, 0.5) is 5.69 Å². The number of methoxy groups -OCH3 is 3. The van der Waals surface area contributed by atoms with Gasteiger partial charge in [0.25, 0.3) is 0 Å². The molecule has 1 saturated heterocycles. The molecule has 2 N–H and O–H groups in total. The number of anilines is 1. The predicted molar refractivity (Wildman–Crippen MR) is 80.4 cm³/mol. The molecule has 0 aromatic heterocycles. The molecule has 1 heterocycles. The molecule has 6 heteroatoms. The van der Waals surface area contributed by atoms with E-state index >= 15 is 0 Å². The first-order valence-corrected chi connectivity index (χ1v) is 7.01. The molecule has 0 aliphatic carbocycles. The van der Waals surface area contributed by atoms with E-state index in [-0.39, 0.29) is 11.9 Å². The van der Waals surface area contributed by atoms with Gasteiger partial charge in [-0.3, -0.25) is 4.79 Å². The van der Waals surface area contributed by atoms with Gasteiger partial charge in [0.2, 0.25) is 11.7 Å². The van der Waals surface area contributed by atoms with Crippen molar-refractivity contribution in [3.63, 3.8) is 0 Å². The number of hydrogen-bond acceptors (Lipinski definition) is 5. The van der Waals surface area contributed by atoms with E-state index in [1.165, 1.54) is 0 Å². The number of carbonyl (C=O) groups excluding carboxylic acids is 1. The second kappa shape index (κ2) is 7.06. The van der Waals surface area contributed by atoms with Crippen molar-refractivity contribution in [3.05, 3.63) is 12.1 Å². The van der Waals surface area contributed by atoms with Crippen molar-refractivity contribution < 1.29 is 19.0 Å². The summed E-state index contributed by atoms with van der Waals surface area (Å²) >= 11 is 0. The molecule has 0 bridgehead atoms. The summed E-state index contributed by atoms with van der Waals surface area (Å²) in [5.41, 5.74) is 0.851. The number of carbonyl (C=O) groups is 1. The van der Waals surface area contributed by atoms with E-state index < -0.39 is 0 Å². The zero-order chi connectivity index (χ0) is 15.2. The lowest BCUT2D eigenvalue weighted by atomic mass is 10.1.